The Labute approximate surface area is 125 Å². The van der Waals surface area contributed by atoms with Gasteiger partial charge in [-0.3, -0.25) is 4.79 Å². The summed E-state index contributed by atoms with van der Waals surface area (Å²) in [4.78, 5) is 12.9. The van der Waals surface area contributed by atoms with Gasteiger partial charge in [0.25, 0.3) is 0 Å². The van der Waals surface area contributed by atoms with E-state index in [1.165, 1.54) is 5.56 Å². The molecule has 2 rings (SSSR count). The van der Waals surface area contributed by atoms with Gasteiger partial charge in [0.15, 0.2) is 0 Å². The van der Waals surface area contributed by atoms with Crippen molar-refractivity contribution >= 4 is 18.5 Å². The Morgan fingerprint density at radius 3 is 2.30 bits per heavy atom. The second-order valence-electron chi connectivity index (χ2n) is 5.04. The summed E-state index contributed by atoms with van der Waals surface area (Å²) >= 11 is 4.23. The van der Waals surface area contributed by atoms with Crippen LogP contribution < -0.4 is 5.32 Å². The van der Waals surface area contributed by atoms with Crippen LogP contribution in [-0.4, -0.2) is 5.91 Å². The summed E-state index contributed by atoms with van der Waals surface area (Å²) in [6.07, 6.45) is 0.393. The van der Waals surface area contributed by atoms with Crippen molar-refractivity contribution < 1.29 is 4.79 Å². The molecule has 0 aliphatic carbocycles. The van der Waals surface area contributed by atoms with E-state index in [9.17, 15) is 4.79 Å². The van der Waals surface area contributed by atoms with E-state index in [2.05, 4.69) is 49.1 Å². The van der Waals surface area contributed by atoms with Crippen molar-refractivity contribution in [3.05, 3.63) is 65.2 Å². The molecule has 0 aromatic heterocycles. The lowest BCUT2D eigenvalue weighted by molar-refractivity contribution is -0.121. The standard InChI is InChI=1S/C17H19NOS/c1-12-3-7-15(8-4-12)13(2)18-17(19)11-14-5-9-16(20)10-6-14/h3-10,13,20H,11H2,1-2H3,(H,18,19). The molecule has 0 aliphatic heterocycles. The first-order chi connectivity index (χ1) is 9.54. The fraction of sp³-hybridized carbons (Fsp3) is 0.235. The number of benzene rings is 2. The molecule has 0 heterocycles. The molecule has 0 saturated heterocycles. The smallest absolute Gasteiger partial charge is 0.224 e. The summed E-state index contributed by atoms with van der Waals surface area (Å²) in [5.74, 6) is 0.0324. The third kappa shape index (κ3) is 4.14. The number of amides is 1. The van der Waals surface area contributed by atoms with Crippen molar-refractivity contribution in [1.29, 1.82) is 0 Å². The van der Waals surface area contributed by atoms with Crippen LogP contribution in [0, 0.1) is 6.92 Å². The third-order valence-corrected chi connectivity index (χ3v) is 3.55. The highest BCUT2D eigenvalue weighted by atomic mass is 32.1. The molecule has 20 heavy (non-hydrogen) atoms. The van der Waals surface area contributed by atoms with Gasteiger partial charge in [-0.05, 0) is 37.1 Å². The van der Waals surface area contributed by atoms with E-state index in [1.54, 1.807) is 0 Å². The highest BCUT2D eigenvalue weighted by Gasteiger charge is 2.09. The molecule has 0 spiro atoms. The number of aryl methyl sites for hydroxylation is 1. The molecular formula is C17H19NOS. The highest BCUT2D eigenvalue weighted by Crippen LogP contribution is 2.14. The van der Waals surface area contributed by atoms with Crippen molar-refractivity contribution in [3.8, 4) is 0 Å². The van der Waals surface area contributed by atoms with E-state index < -0.39 is 0 Å². The summed E-state index contributed by atoms with van der Waals surface area (Å²) in [6, 6.07) is 15.9. The fourth-order valence-corrected chi connectivity index (χ4v) is 2.18. The first-order valence-corrected chi connectivity index (χ1v) is 7.13. The number of hydrogen-bond acceptors (Lipinski definition) is 2. The summed E-state index contributed by atoms with van der Waals surface area (Å²) < 4.78 is 0. The lowest BCUT2D eigenvalue weighted by Gasteiger charge is -2.14. The molecule has 2 aromatic carbocycles. The topological polar surface area (TPSA) is 29.1 Å². The summed E-state index contributed by atoms with van der Waals surface area (Å²) in [5.41, 5.74) is 3.34. The van der Waals surface area contributed by atoms with Gasteiger partial charge in [0.1, 0.15) is 0 Å². The number of hydrogen-bond donors (Lipinski definition) is 2. The molecule has 0 saturated carbocycles. The molecule has 2 aromatic rings. The van der Waals surface area contributed by atoms with E-state index in [-0.39, 0.29) is 11.9 Å². The van der Waals surface area contributed by atoms with E-state index >= 15 is 0 Å². The summed E-state index contributed by atoms with van der Waals surface area (Å²) in [7, 11) is 0. The Morgan fingerprint density at radius 2 is 1.70 bits per heavy atom. The van der Waals surface area contributed by atoms with Gasteiger partial charge in [-0.25, -0.2) is 0 Å². The summed E-state index contributed by atoms with van der Waals surface area (Å²) in [6.45, 7) is 4.05. The zero-order valence-corrected chi connectivity index (χ0v) is 12.7. The van der Waals surface area contributed by atoms with Crippen LogP contribution in [-0.2, 0) is 11.2 Å². The molecule has 3 heteroatoms. The Hall–Kier alpha value is -1.74. The van der Waals surface area contributed by atoms with Crippen molar-refractivity contribution in [2.24, 2.45) is 0 Å². The van der Waals surface area contributed by atoms with Gasteiger partial charge in [-0.15, -0.1) is 12.6 Å². The quantitative estimate of drug-likeness (QED) is 0.824. The van der Waals surface area contributed by atoms with Crippen LogP contribution in [0.2, 0.25) is 0 Å². The molecule has 1 N–H and O–H groups in total. The molecular weight excluding hydrogens is 266 g/mol. The molecule has 0 aliphatic rings. The van der Waals surface area contributed by atoms with E-state index in [4.69, 9.17) is 0 Å². The van der Waals surface area contributed by atoms with Gasteiger partial charge >= 0.3 is 0 Å². The number of nitrogens with one attached hydrogen (secondary N) is 1. The predicted molar refractivity (Wildman–Crippen MR) is 85.1 cm³/mol. The molecule has 104 valence electrons. The number of thiol groups is 1. The minimum absolute atomic E-state index is 0.0206. The lowest BCUT2D eigenvalue weighted by Crippen LogP contribution is -2.28. The van der Waals surface area contributed by atoms with E-state index in [0.717, 1.165) is 16.0 Å². The van der Waals surface area contributed by atoms with Gasteiger partial charge in [0.2, 0.25) is 5.91 Å². The van der Waals surface area contributed by atoms with Gasteiger partial charge in [-0.1, -0.05) is 42.0 Å². The SMILES string of the molecule is Cc1ccc(C(C)NC(=O)Cc2ccc(S)cc2)cc1. The van der Waals surface area contributed by atoms with Crippen molar-refractivity contribution in [2.45, 2.75) is 31.2 Å². The zero-order chi connectivity index (χ0) is 14.5. The third-order valence-electron chi connectivity index (χ3n) is 3.26. The zero-order valence-electron chi connectivity index (χ0n) is 11.8. The average molecular weight is 285 g/mol. The van der Waals surface area contributed by atoms with Crippen LogP contribution in [0.1, 0.15) is 29.7 Å². The van der Waals surface area contributed by atoms with Crippen molar-refractivity contribution in [1.82, 2.24) is 5.32 Å². The maximum atomic E-state index is 12.0. The lowest BCUT2D eigenvalue weighted by atomic mass is 10.1. The van der Waals surface area contributed by atoms with E-state index in [0.29, 0.717) is 6.42 Å². The molecule has 2 nitrogen and oxygen atoms in total. The molecule has 1 atom stereocenters. The van der Waals surface area contributed by atoms with Crippen LogP contribution in [0.5, 0.6) is 0 Å². The van der Waals surface area contributed by atoms with Crippen molar-refractivity contribution in [2.75, 3.05) is 0 Å². The van der Waals surface area contributed by atoms with Gasteiger partial charge in [-0.2, -0.15) is 0 Å². The maximum absolute atomic E-state index is 12.0. The largest absolute Gasteiger partial charge is 0.349 e. The van der Waals surface area contributed by atoms with Crippen LogP contribution in [0.3, 0.4) is 0 Å². The Balaban J connectivity index is 1.93. The normalized spacial score (nSPS) is 11.9. The maximum Gasteiger partial charge on any atom is 0.224 e. The van der Waals surface area contributed by atoms with Crippen LogP contribution in [0.4, 0.5) is 0 Å². The van der Waals surface area contributed by atoms with Crippen LogP contribution >= 0.6 is 12.6 Å². The average Bonchev–Trinajstić information content (AvgIpc) is 2.42. The molecule has 0 bridgehead atoms. The minimum atomic E-state index is 0.0206. The molecule has 1 unspecified atom stereocenters. The van der Waals surface area contributed by atoms with E-state index in [1.807, 2.05) is 31.2 Å². The fourth-order valence-electron chi connectivity index (χ4n) is 2.03. The van der Waals surface area contributed by atoms with Gasteiger partial charge < -0.3 is 5.32 Å². The Bertz CT molecular complexity index is 575. The second-order valence-corrected chi connectivity index (χ2v) is 5.56. The number of carbonyl (C=O) groups excluding carboxylic acids is 1. The number of carbonyl (C=O) groups is 1. The summed E-state index contributed by atoms with van der Waals surface area (Å²) in [5, 5.41) is 3.02. The molecule has 0 fully saturated rings. The highest BCUT2D eigenvalue weighted by molar-refractivity contribution is 7.80. The van der Waals surface area contributed by atoms with Crippen LogP contribution in [0.15, 0.2) is 53.4 Å². The number of rotatable bonds is 4. The monoisotopic (exact) mass is 285 g/mol. The van der Waals surface area contributed by atoms with Crippen LogP contribution in [0.25, 0.3) is 0 Å². The Kier molecular flexibility index (Phi) is 4.85. The first kappa shape index (κ1) is 14.7. The molecule has 0 radical (unpaired) electrons. The minimum Gasteiger partial charge on any atom is -0.349 e. The second kappa shape index (κ2) is 6.62. The Morgan fingerprint density at radius 1 is 1.10 bits per heavy atom. The van der Waals surface area contributed by atoms with Gasteiger partial charge in [0, 0.05) is 4.90 Å². The molecule has 1 amide bonds. The van der Waals surface area contributed by atoms with Crippen molar-refractivity contribution in [3.63, 3.8) is 0 Å². The predicted octanol–water partition coefficient (Wildman–Crippen LogP) is 3.70. The first-order valence-electron chi connectivity index (χ1n) is 6.68. The van der Waals surface area contributed by atoms with Gasteiger partial charge in [0.05, 0.1) is 12.5 Å².